The van der Waals surface area contributed by atoms with Crippen LogP contribution in [0.2, 0.25) is 0 Å². The molecule has 0 fully saturated rings. The van der Waals surface area contributed by atoms with E-state index >= 15 is 0 Å². The molecule has 3 aromatic heterocycles. The molecule has 16 radical (unpaired) electrons. The third-order valence-electron chi connectivity index (χ3n) is 13.9. The third kappa shape index (κ3) is 6.94. The first kappa shape index (κ1) is 45.1. The summed E-state index contributed by atoms with van der Waals surface area (Å²) in [5.41, 5.74) is 11.2. The van der Waals surface area contributed by atoms with Gasteiger partial charge in [0.1, 0.15) is 68.5 Å². The molecule has 72 heavy (non-hydrogen) atoms. The van der Waals surface area contributed by atoms with Crippen molar-refractivity contribution in [3.8, 4) is 73.5 Å². The Bertz CT molecular complexity index is 4160. The van der Waals surface area contributed by atoms with Crippen LogP contribution in [0.15, 0.2) is 164 Å². The highest BCUT2D eigenvalue weighted by molar-refractivity contribution is 6.63. The Morgan fingerprint density at radius 2 is 0.847 bits per heavy atom. The zero-order valence-corrected chi connectivity index (χ0v) is 38.9. The number of fused-ring (bicyclic) bond motifs is 7. The van der Waals surface area contributed by atoms with Gasteiger partial charge < -0.3 is 9.67 Å². The number of aromatic hydroxyl groups is 1. The molecule has 6 nitrogen and oxygen atoms in total. The van der Waals surface area contributed by atoms with Crippen LogP contribution in [0, 0.1) is 6.92 Å². The Kier molecular flexibility index (Phi) is 10.9. The Morgan fingerprint density at radius 1 is 0.375 bits per heavy atom. The minimum atomic E-state index is -0.375. The molecule has 9 aromatic carbocycles. The average molecular weight is 900 g/mol. The number of phenols is 1. The number of hydrogen-bond acceptors (Lipinski definition) is 4. The minimum Gasteiger partial charge on any atom is -0.509 e. The Morgan fingerprint density at radius 3 is 1.47 bits per heavy atom. The molecule has 0 aliphatic rings. The van der Waals surface area contributed by atoms with Crippen LogP contribution in [-0.4, -0.2) is 92.0 Å². The van der Waals surface area contributed by atoms with E-state index in [-0.39, 0.29) is 38.5 Å². The fourth-order valence-corrected chi connectivity index (χ4v) is 10.2. The molecule has 0 saturated heterocycles. The van der Waals surface area contributed by atoms with Crippen LogP contribution in [0.5, 0.6) is 5.75 Å². The maximum absolute atomic E-state index is 11.2. The maximum atomic E-state index is 11.2. The maximum Gasteiger partial charge on any atom is 0.238 e. The number of rotatable bonds is 7. The van der Waals surface area contributed by atoms with Crippen molar-refractivity contribution in [2.75, 3.05) is 0 Å². The summed E-state index contributed by atoms with van der Waals surface area (Å²) >= 11 is 0. The smallest absolute Gasteiger partial charge is 0.238 e. The van der Waals surface area contributed by atoms with Crippen LogP contribution < -0.4 is 43.7 Å². The lowest BCUT2D eigenvalue weighted by atomic mass is 9.63. The Hall–Kier alpha value is -8.09. The number of para-hydroxylation sites is 2. The summed E-state index contributed by atoms with van der Waals surface area (Å²) in [4.78, 5) is 15.8. The summed E-state index contributed by atoms with van der Waals surface area (Å²) < 4.78 is 4.29. The molecular formula is C58H31B8N5O. The number of aromatic nitrogens is 5. The van der Waals surface area contributed by atoms with Crippen LogP contribution in [0.1, 0.15) is 5.56 Å². The normalized spacial score (nSPS) is 11.6. The fourth-order valence-electron chi connectivity index (χ4n) is 10.2. The van der Waals surface area contributed by atoms with E-state index in [0.29, 0.717) is 62.0 Å². The monoisotopic (exact) mass is 901 g/mol. The standard InChI is InChI=1S/C58H31B8N5O/c1-29-45(59)44(48(62)50(64)46(29)60)39-25-24-34(43-47(61)51(65)52(66)55(72)49(43)63)28-42(39)70-40-18-10-8-16-35(40)37-26-27-38-36-17-9-11-19-41(36)71(54(38)53(37)70)58-68-56(32-14-6-3-7-15-32)67-57(69-58)33-22-20-31(21-23-33)30-12-4-2-5-13-30/h2-28,72H,1H3. The molecule has 0 unspecified atom stereocenters. The third-order valence-corrected chi connectivity index (χ3v) is 13.9. The zero-order chi connectivity index (χ0) is 49.7. The van der Waals surface area contributed by atoms with Crippen molar-refractivity contribution in [1.29, 1.82) is 0 Å². The molecule has 318 valence electrons. The number of hydrogen-bond donors (Lipinski definition) is 1. The summed E-state index contributed by atoms with van der Waals surface area (Å²) in [5.74, 6) is 1.02. The molecule has 0 bridgehead atoms. The summed E-state index contributed by atoms with van der Waals surface area (Å²) in [6.07, 6.45) is 0. The largest absolute Gasteiger partial charge is 0.509 e. The van der Waals surface area contributed by atoms with Crippen molar-refractivity contribution < 1.29 is 5.11 Å². The van der Waals surface area contributed by atoms with E-state index in [9.17, 15) is 5.11 Å². The molecule has 0 amide bonds. The first-order chi connectivity index (χ1) is 34.9. The van der Waals surface area contributed by atoms with Gasteiger partial charge in [0.25, 0.3) is 0 Å². The lowest BCUT2D eigenvalue weighted by Gasteiger charge is -2.25. The molecule has 1 N–H and O–H groups in total. The van der Waals surface area contributed by atoms with Crippen molar-refractivity contribution in [2.24, 2.45) is 0 Å². The molecular weight excluding hydrogens is 869 g/mol. The zero-order valence-electron chi connectivity index (χ0n) is 38.9. The summed E-state index contributed by atoms with van der Waals surface area (Å²) in [5, 5.41) is 15.0. The van der Waals surface area contributed by atoms with Crippen LogP contribution in [-0.2, 0) is 0 Å². The molecule has 12 aromatic rings. The van der Waals surface area contributed by atoms with E-state index in [1.165, 1.54) is 0 Å². The number of benzene rings is 9. The van der Waals surface area contributed by atoms with E-state index in [4.69, 9.17) is 77.7 Å². The summed E-state index contributed by atoms with van der Waals surface area (Å²) in [6, 6.07) is 54.7. The van der Waals surface area contributed by atoms with E-state index in [0.717, 1.165) is 65.9 Å². The minimum absolute atomic E-state index is 0.000400. The number of nitrogens with zero attached hydrogens (tertiary/aromatic N) is 5. The second kappa shape index (κ2) is 17.3. The second-order valence-electron chi connectivity index (χ2n) is 17.9. The predicted octanol–water partition coefficient (Wildman–Crippen LogP) is 4.77. The molecule has 12 rings (SSSR count). The quantitative estimate of drug-likeness (QED) is 0.235. The number of phenolic OH excluding ortho intramolecular Hbond substituents is 1. The SMILES string of the molecule is [B]c1c([B])c(O)c([B])c(-c2ccc(-c3c([B])c([B])c([B])c(C)c3[B])c(-n3c4ccccc4c4ccc5c6ccccc6n(-c6nc(-c7ccccc7)nc(-c7ccc(-c8ccccc8)cc7)n6)c5c43)c2)c1[B]. The van der Waals surface area contributed by atoms with Gasteiger partial charge in [-0.15, -0.1) is 16.4 Å². The molecule has 0 aliphatic heterocycles. The van der Waals surface area contributed by atoms with E-state index < -0.39 is 0 Å². The van der Waals surface area contributed by atoms with Gasteiger partial charge in [0.15, 0.2) is 11.6 Å². The first-order valence-corrected chi connectivity index (χ1v) is 23.2. The van der Waals surface area contributed by atoms with Crippen molar-refractivity contribution in [3.63, 3.8) is 0 Å². The molecule has 0 aliphatic carbocycles. The van der Waals surface area contributed by atoms with Gasteiger partial charge in [-0.2, -0.15) is 9.97 Å². The van der Waals surface area contributed by atoms with Gasteiger partial charge in [0.2, 0.25) is 5.95 Å². The topological polar surface area (TPSA) is 68.8 Å². The van der Waals surface area contributed by atoms with Crippen LogP contribution in [0.25, 0.3) is 111 Å². The van der Waals surface area contributed by atoms with Crippen LogP contribution >= 0.6 is 0 Å². The van der Waals surface area contributed by atoms with Gasteiger partial charge in [-0.05, 0) is 58.4 Å². The lowest BCUT2D eigenvalue weighted by Crippen LogP contribution is -2.46. The van der Waals surface area contributed by atoms with E-state index in [1.807, 2.05) is 110 Å². The van der Waals surface area contributed by atoms with Gasteiger partial charge in [-0.1, -0.05) is 173 Å². The van der Waals surface area contributed by atoms with E-state index in [2.05, 4.69) is 69.8 Å². The van der Waals surface area contributed by atoms with Gasteiger partial charge in [-0.25, -0.2) is 4.98 Å². The van der Waals surface area contributed by atoms with Crippen molar-refractivity contribution in [3.05, 3.63) is 169 Å². The van der Waals surface area contributed by atoms with Crippen LogP contribution in [0.4, 0.5) is 0 Å². The first-order valence-electron chi connectivity index (χ1n) is 23.2. The molecule has 14 heteroatoms. The Balaban J connectivity index is 1.23. The lowest BCUT2D eigenvalue weighted by molar-refractivity contribution is 0.484. The summed E-state index contributed by atoms with van der Waals surface area (Å²) in [6.45, 7) is 1.81. The summed E-state index contributed by atoms with van der Waals surface area (Å²) in [7, 11) is 53.2. The van der Waals surface area contributed by atoms with Gasteiger partial charge >= 0.3 is 0 Å². The molecule has 3 heterocycles. The van der Waals surface area contributed by atoms with Gasteiger partial charge in [-0.3, -0.25) is 4.57 Å². The average Bonchev–Trinajstić information content (AvgIpc) is 3.95. The highest BCUT2D eigenvalue weighted by Gasteiger charge is 2.27. The van der Waals surface area contributed by atoms with Crippen LogP contribution in [0.3, 0.4) is 0 Å². The molecule has 0 atom stereocenters. The highest BCUT2D eigenvalue weighted by Crippen LogP contribution is 2.43. The predicted molar refractivity (Wildman–Crippen MR) is 305 cm³/mol. The van der Waals surface area contributed by atoms with Gasteiger partial charge in [0.05, 0.1) is 27.8 Å². The Labute approximate surface area is 426 Å². The molecule has 0 spiro atoms. The van der Waals surface area contributed by atoms with Crippen molar-refractivity contribution in [2.45, 2.75) is 6.92 Å². The van der Waals surface area contributed by atoms with Crippen molar-refractivity contribution in [1.82, 2.24) is 24.1 Å². The molecule has 0 saturated carbocycles. The van der Waals surface area contributed by atoms with Gasteiger partial charge in [0, 0.05) is 38.2 Å². The second-order valence-corrected chi connectivity index (χ2v) is 17.9. The van der Waals surface area contributed by atoms with Crippen molar-refractivity contribution >= 4 is 150 Å². The fraction of sp³-hybridized carbons (Fsp3) is 0.0172. The van der Waals surface area contributed by atoms with E-state index in [1.54, 1.807) is 0 Å². The highest BCUT2D eigenvalue weighted by atomic mass is 16.3.